The third kappa shape index (κ3) is 8.78. The average molecular weight is 364 g/mol. The van der Waals surface area contributed by atoms with Crippen molar-refractivity contribution in [3.05, 3.63) is 35.6 Å². The van der Waals surface area contributed by atoms with E-state index in [1.807, 2.05) is 6.26 Å². The van der Waals surface area contributed by atoms with Crippen molar-refractivity contribution in [3.63, 3.8) is 0 Å². The van der Waals surface area contributed by atoms with Crippen LogP contribution in [-0.4, -0.2) is 43.0 Å². The van der Waals surface area contributed by atoms with Crippen LogP contribution in [-0.2, 0) is 4.79 Å². The van der Waals surface area contributed by atoms with Gasteiger partial charge in [0.15, 0.2) is 0 Å². The Morgan fingerprint density at radius 3 is 2.65 bits per heavy atom. The van der Waals surface area contributed by atoms with E-state index in [1.54, 1.807) is 17.8 Å². The van der Waals surface area contributed by atoms with Crippen molar-refractivity contribution < 1.29 is 14.0 Å². The number of amides is 2. The van der Waals surface area contributed by atoms with Crippen molar-refractivity contribution >= 4 is 36.0 Å². The van der Waals surface area contributed by atoms with Gasteiger partial charge in [0.25, 0.3) is 5.91 Å². The maximum atomic E-state index is 13.0. The van der Waals surface area contributed by atoms with E-state index < -0.39 is 11.9 Å². The lowest BCUT2D eigenvalue weighted by Gasteiger charge is -2.11. The fraction of sp³-hybridized carbons (Fsp3) is 0.467. The molecule has 23 heavy (non-hydrogen) atoms. The van der Waals surface area contributed by atoms with E-state index in [0.717, 1.165) is 5.75 Å². The molecule has 0 aliphatic rings. The van der Waals surface area contributed by atoms with Gasteiger partial charge in [0.2, 0.25) is 5.91 Å². The van der Waals surface area contributed by atoms with E-state index in [0.29, 0.717) is 25.9 Å². The summed E-state index contributed by atoms with van der Waals surface area (Å²) in [5.74, 6) is -0.106. The molecule has 0 aliphatic carbocycles. The normalized spacial score (nSPS) is 11.3. The number of hydrogen-bond acceptors (Lipinski definition) is 4. The molecule has 130 valence electrons. The fourth-order valence-corrected chi connectivity index (χ4v) is 2.23. The molecule has 2 amide bonds. The van der Waals surface area contributed by atoms with Crippen LogP contribution in [0.5, 0.6) is 0 Å². The molecule has 0 spiro atoms. The molecule has 0 radical (unpaired) electrons. The van der Waals surface area contributed by atoms with Crippen LogP contribution in [0.4, 0.5) is 4.39 Å². The van der Waals surface area contributed by atoms with Gasteiger partial charge in [-0.3, -0.25) is 9.59 Å². The summed E-state index contributed by atoms with van der Waals surface area (Å²) < 4.78 is 13.0. The SMILES string of the molecule is CSCC[C@H](N)C(=O)NCCCNC(=O)c1cccc(F)c1.Cl. The van der Waals surface area contributed by atoms with Crippen LogP contribution in [0.25, 0.3) is 0 Å². The lowest BCUT2D eigenvalue weighted by Crippen LogP contribution is -2.41. The molecule has 1 aromatic rings. The number of benzene rings is 1. The minimum Gasteiger partial charge on any atom is -0.355 e. The summed E-state index contributed by atoms with van der Waals surface area (Å²) in [5.41, 5.74) is 6.01. The van der Waals surface area contributed by atoms with Gasteiger partial charge in [0.05, 0.1) is 6.04 Å². The highest BCUT2D eigenvalue weighted by Crippen LogP contribution is 2.03. The Kier molecular flexibility index (Phi) is 11.5. The summed E-state index contributed by atoms with van der Waals surface area (Å²) in [4.78, 5) is 23.4. The van der Waals surface area contributed by atoms with Crippen LogP contribution in [0.3, 0.4) is 0 Å². The number of hydrogen-bond donors (Lipinski definition) is 3. The first kappa shape index (κ1) is 21.7. The molecule has 1 atom stereocenters. The maximum Gasteiger partial charge on any atom is 0.251 e. The van der Waals surface area contributed by atoms with Gasteiger partial charge in [-0.1, -0.05) is 6.07 Å². The molecule has 5 nitrogen and oxygen atoms in total. The summed E-state index contributed by atoms with van der Waals surface area (Å²) in [7, 11) is 0. The molecule has 0 fully saturated rings. The minimum absolute atomic E-state index is 0. The van der Waals surface area contributed by atoms with Crippen LogP contribution in [0.1, 0.15) is 23.2 Å². The maximum absolute atomic E-state index is 13.0. The largest absolute Gasteiger partial charge is 0.355 e. The van der Waals surface area contributed by atoms with Gasteiger partial charge in [-0.2, -0.15) is 11.8 Å². The highest BCUT2D eigenvalue weighted by molar-refractivity contribution is 7.98. The van der Waals surface area contributed by atoms with Crippen LogP contribution >= 0.6 is 24.2 Å². The zero-order valence-electron chi connectivity index (χ0n) is 13.0. The molecule has 0 unspecified atom stereocenters. The Morgan fingerprint density at radius 2 is 2.00 bits per heavy atom. The van der Waals surface area contributed by atoms with E-state index in [9.17, 15) is 14.0 Å². The Balaban J connectivity index is 0.00000484. The van der Waals surface area contributed by atoms with Crippen molar-refractivity contribution in [1.82, 2.24) is 10.6 Å². The molecule has 0 bridgehead atoms. The van der Waals surface area contributed by atoms with E-state index in [4.69, 9.17) is 5.73 Å². The number of rotatable bonds is 9. The summed E-state index contributed by atoms with van der Waals surface area (Å²) in [6, 6.07) is 5.01. The van der Waals surface area contributed by atoms with Gasteiger partial charge >= 0.3 is 0 Å². The van der Waals surface area contributed by atoms with Gasteiger partial charge in [-0.05, 0) is 43.0 Å². The smallest absolute Gasteiger partial charge is 0.251 e. The second kappa shape index (κ2) is 12.2. The second-order valence-corrected chi connectivity index (χ2v) is 5.78. The monoisotopic (exact) mass is 363 g/mol. The van der Waals surface area contributed by atoms with Gasteiger partial charge in [0, 0.05) is 18.7 Å². The van der Waals surface area contributed by atoms with Crippen LogP contribution in [0.15, 0.2) is 24.3 Å². The lowest BCUT2D eigenvalue weighted by molar-refractivity contribution is -0.122. The van der Waals surface area contributed by atoms with Gasteiger partial charge in [0.1, 0.15) is 5.82 Å². The molecule has 4 N–H and O–H groups in total. The number of carbonyl (C=O) groups excluding carboxylic acids is 2. The molecule has 8 heteroatoms. The quantitative estimate of drug-likeness (QED) is 0.581. The highest BCUT2D eigenvalue weighted by Gasteiger charge is 2.11. The summed E-state index contributed by atoms with van der Waals surface area (Å²) in [6.45, 7) is 0.838. The highest BCUT2D eigenvalue weighted by atomic mass is 35.5. The first-order valence-corrected chi connectivity index (χ1v) is 8.50. The van der Waals surface area contributed by atoms with Crippen molar-refractivity contribution in [2.24, 2.45) is 5.73 Å². The van der Waals surface area contributed by atoms with Crippen LogP contribution < -0.4 is 16.4 Å². The Bertz CT molecular complexity index is 505. The summed E-state index contributed by atoms with van der Waals surface area (Å²) in [5, 5.41) is 5.40. The Hall–Kier alpha value is -1.31. The number of nitrogens with one attached hydrogen (secondary N) is 2. The summed E-state index contributed by atoms with van der Waals surface area (Å²) in [6.07, 6.45) is 3.19. The van der Waals surface area contributed by atoms with E-state index in [-0.39, 0.29) is 29.8 Å². The van der Waals surface area contributed by atoms with Crippen molar-refractivity contribution in [2.45, 2.75) is 18.9 Å². The molecule has 0 saturated heterocycles. The summed E-state index contributed by atoms with van der Waals surface area (Å²) >= 11 is 1.65. The molecule has 0 heterocycles. The molecule has 0 saturated carbocycles. The standard InChI is InChI=1S/C15H22FN3O2S.ClH/c1-22-9-6-13(17)15(21)19-8-3-7-18-14(20)11-4-2-5-12(16)10-11;/h2,4-5,10,13H,3,6-9,17H2,1H3,(H,18,20)(H,19,21);1H/t13-;/m0./s1. The number of thioether (sulfide) groups is 1. The zero-order chi connectivity index (χ0) is 16.4. The van der Waals surface area contributed by atoms with Gasteiger partial charge in [-0.25, -0.2) is 4.39 Å². The minimum atomic E-state index is -0.491. The third-order valence-electron chi connectivity index (χ3n) is 2.99. The van der Waals surface area contributed by atoms with E-state index in [1.165, 1.54) is 18.2 Å². The molecule has 0 aromatic heterocycles. The van der Waals surface area contributed by atoms with Crippen molar-refractivity contribution in [3.8, 4) is 0 Å². The molecular weight excluding hydrogens is 341 g/mol. The van der Waals surface area contributed by atoms with Crippen molar-refractivity contribution in [1.29, 1.82) is 0 Å². The molecule has 0 aliphatic heterocycles. The average Bonchev–Trinajstić information content (AvgIpc) is 2.51. The first-order valence-electron chi connectivity index (χ1n) is 7.10. The Labute approximate surface area is 146 Å². The van der Waals surface area contributed by atoms with Crippen LogP contribution in [0, 0.1) is 5.82 Å². The van der Waals surface area contributed by atoms with Gasteiger partial charge in [-0.15, -0.1) is 12.4 Å². The third-order valence-corrected chi connectivity index (χ3v) is 3.64. The second-order valence-electron chi connectivity index (χ2n) is 4.80. The number of carbonyl (C=O) groups is 2. The van der Waals surface area contributed by atoms with E-state index >= 15 is 0 Å². The lowest BCUT2D eigenvalue weighted by atomic mass is 10.2. The predicted octanol–water partition coefficient (Wildman–Crippen LogP) is 1.56. The zero-order valence-corrected chi connectivity index (χ0v) is 14.6. The Morgan fingerprint density at radius 1 is 1.30 bits per heavy atom. The fourth-order valence-electron chi connectivity index (χ4n) is 1.74. The molecule has 1 rings (SSSR count). The van der Waals surface area contributed by atoms with Crippen molar-refractivity contribution in [2.75, 3.05) is 25.1 Å². The van der Waals surface area contributed by atoms with E-state index in [2.05, 4.69) is 10.6 Å². The number of nitrogens with two attached hydrogens (primary N) is 1. The first-order chi connectivity index (χ1) is 10.5. The van der Waals surface area contributed by atoms with Gasteiger partial charge < -0.3 is 16.4 Å². The molecule has 1 aromatic carbocycles. The van der Waals surface area contributed by atoms with Crippen LogP contribution in [0.2, 0.25) is 0 Å². The predicted molar refractivity (Wildman–Crippen MR) is 94.6 cm³/mol. The topological polar surface area (TPSA) is 84.2 Å². The molecular formula is C15H23ClFN3O2S. The number of halogens is 2.